The zero-order valence-electron chi connectivity index (χ0n) is 22.1. The van der Waals surface area contributed by atoms with E-state index in [1.807, 2.05) is 0 Å². The third-order valence-electron chi connectivity index (χ3n) is 6.66. The Hall–Kier alpha value is -5.08. The van der Waals surface area contributed by atoms with Crippen molar-refractivity contribution in [2.24, 2.45) is 0 Å². The van der Waals surface area contributed by atoms with Crippen molar-refractivity contribution < 1.29 is 59.2 Å². The second-order valence-electron chi connectivity index (χ2n) is 9.68. The molecule has 0 amide bonds. The highest BCUT2D eigenvalue weighted by atomic mass is 16.7. The van der Waals surface area contributed by atoms with E-state index in [0.29, 0.717) is 5.56 Å². The van der Waals surface area contributed by atoms with Crippen molar-refractivity contribution in [3.8, 4) is 40.1 Å². The topological polar surface area (TPSA) is 217 Å². The average molecular weight is 595 g/mol. The van der Waals surface area contributed by atoms with Crippen molar-refractivity contribution in [2.45, 2.75) is 30.7 Å². The Morgan fingerprint density at radius 2 is 1.58 bits per heavy atom. The first-order valence-corrected chi connectivity index (χ1v) is 12.8. The number of carbonyl (C=O) groups excluding carboxylic acids is 1. The molecule has 43 heavy (non-hydrogen) atoms. The zero-order chi connectivity index (χ0) is 30.8. The van der Waals surface area contributed by atoms with Crippen LogP contribution in [0, 0.1) is 0 Å². The molecule has 224 valence electrons. The maximum Gasteiger partial charge on any atom is 0.330 e. The van der Waals surface area contributed by atoms with Crippen LogP contribution in [-0.2, 0) is 14.3 Å². The fourth-order valence-corrected chi connectivity index (χ4v) is 4.38. The minimum absolute atomic E-state index is 0.00168. The first-order valence-electron chi connectivity index (χ1n) is 12.8. The Morgan fingerprint density at radius 1 is 0.837 bits per heavy atom. The highest BCUT2D eigenvalue weighted by Crippen LogP contribution is 2.35. The smallest absolute Gasteiger partial charge is 0.330 e. The summed E-state index contributed by atoms with van der Waals surface area (Å²) in [5, 5.41) is 70.3. The van der Waals surface area contributed by atoms with Crippen molar-refractivity contribution in [2.75, 3.05) is 6.61 Å². The van der Waals surface area contributed by atoms with Gasteiger partial charge < -0.3 is 54.4 Å². The molecule has 0 bridgehead atoms. The predicted octanol–water partition coefficient (Wildman–Crippen LogP) is 1.73. The molecule has 0 aliphatic carbocycles. The van der Waals surface area contributed by atoms with E-state index in [1.165, 1.54) is 42.5 Å². The van der Waals surface area contributed by atoms with E-state index >= 15 is 0 Å². The Kier molecular flexibility index (Phi) is 8.23. The van der Waals surface area contributed by atoms with Gasteiger partial charge in [-0.3, -0.25) is 4.79 Å². The van der Waals surface area contributed by atoms with Crippen molar-refractivity contribution in [1.82, 2.24) is 0 Å². The van der Waals surface area contributed by atoms with E-state index in [0.717, 1.165) is 18.2 Å². The number of hydrogen-bond donors (Lipinski definition) is 7. The molecule has 0 saturated carbocycles. The molecule has 2 unspecified atom stereocenters. The highest BCUT2D eigenvalue weighted by Gasteiger charge is 2.45. The van der Waals surface area contributed by atoms with E-state index in [2.05, 4.69) is 0 Å². The van der Waals surface area contributed by atoms with Gasteiger partial charge in [-0.05, 0) is 42.0 Å². The molecule has 4 aromatic rings. The summed E-state index contributed by atoms with van der Waals surface area (Å²) in [6, 6.07) is 13.2. The number of benzene rings is 3. The van der Waals surface area contributed by atoms with Crippen LogP contribution >= 0.6 is 0 Å². The van der Waals surface area contributed by atoms with Gasteiger partial charge in [0.05, 0.1) is 0 Å². The highest BCUT2D eigenvalue weighted by molar-refractivity contribution is 5.87. The van der Waals surface area contributed by atoms with Crippen LogP contribution in [0.5, 0.6) is 28.7 Å². The molecule has 1 aromatic heterocycles. The molecule has 5 rings (SSSR count). The van der Waals surface area contributed by atoms with Crippen molar-refractivity contribution in [1.29, 1.82) is 0 Å². The minimum Gasteiger partial charge on any atom is -0.508 e. The van der Waals surface area contributed by atoms with Gasteiger partial charge in [-0.1, -0.05) is 12.1 Å². The number of aliphatic hydroxyl groups is 3. The van der Waals surface area contributed by atoms with E-state index < -0.39 is 60.2 Å². The van der Waals surface area contributed by atoms with Crippen molar-refractivity contribution in [3.63, 3.8) is 0 Å². The summed E-state index contributed by atoms with van der Waals surface area (Å²) in [4.78, 5) is 24.9. The van der Waals surface area contributed by atoms with Gasteiger partial charge in [0.15, 0.2) is 16.9 Å². The van der Waals surface area contributed by atoms with Crippen LogP contribution in [0.25, 0.3) is 28.4 Å². The second kappa shape index (κ2) is 12.0. The molecular formula is C30H26O13. The molecule has 3 aromatic carbocycles. The molecule has 13 nitrogen and oxygen atoms in total. The van der Waals surface area contributed by atoms with Gasteiger partial charge >= 0.3 is 5.97 Å². The number of hydrogen-bond acceptors (Lipinski definition) is 13. The van der Waals surface area contributed by atoms with Gasteiger partial charge in [-0.2, -0.15) is 0 Å². The number of aromatic hydroxyl groups is 4. The van der Waals surface area contributed by atoms with Crippen LogP contribution in [0.4, 0.5) is 0 Å². The number of phenols is 4. The normalized spacial score (nSPS) is 22.1. The largest absolute Gasteiger partial charge is 0.508 e. The van der Waals surface area contributed by atoms with Crippen LogP contribution in [0.1, 0.15) is 5.56 Å². The van der Waals surface area contributed by atoms with E-state index in [9.17, 15) is 45.3 Å². The van der Waals surface area contributed by atoms with E-state index in [1.54, 1.807) is 12.1 Å². The summed E-state index contributed by atoms with van der Waals surface area (Å²) < 4.78 is 22.1. The third-order valence-corrected chi connectivity index (χ3v) is 6.66. The van der Waals surface area contributed by atoms with Gasteiger partial charge in [0.25, 0.3) is 0 Å². The molecule has 2 heterocycles. The Labute approximate surface area is 242 Å². The molecule has 0 radical (unpaired) electrons. The molecular weight excluding hydrogens is 568 g/mol. The Morgan fingerprint density at radius 3 is 2.30 bits per heavy atom. The number of esters is 1. The maximum atomic E-state index is 12.7. The molecule has 0 spiro atoms. The lowest BCUT2D eigenvalue weighted by molar-refractivity contribution is -0.278. The monoisotopic (exact) mass is 594 g/mol. The summed E-state index contributed by atoms with van der Waals surface area (Å²) in [5.41, 5.74) is 0.0978. The zero-order valence-corrected chi connectivity index (χ0v) is 22.1. The van der Waals surface area contributed by atoms with Crippen LogP contribution in [-0.4, -0.2) is 79.0 Å². The van der Waals surface area contributed by atoms with E-state index in [4.69, 9.17) is 18.6 Å². The fourth-order valence-electron chi connectivity index (χ4n) is 4.38. The van der Waals surface area contributed by atoms with Crippen LogP contribution in [0.2, 0.25) is 0 Å². The molecule has 7 N–H and O–H groups in total. The second-order valence-corrected chi connectivity index (χ2v) is 9.68. The summed E-state index contributed by atoms with van der Waals surface area (Å²) in [6.45, 7) is -0.524. The summed E-state index contributed by atoms with van der Waals surface area (Å²) in [7, 11) is 0. The van der Waals surface area contributed by atoms with Crippen LogP contribution in [0.3, 0.4) is 0 Å². The summed E-state index contributed by atoms with van der Waals surface area (Å²) in [5.74, 6) is -2.25. The van der Waals surface area contributed by atoms with Crippen molar-refractivity contribution >= 4 is 23.0 Å². The van der Waals surface area contributed by atoms with Gasteiger partial charge in [0.2, 0.25) is 6.29 Å². The van der Waals surface area contributed by atoms with Crippen molar-refractivity contribution in [3.05, 3.63) is 82.5 Å². The first-order chi connectivity index (χ1) is 20.5. The number of carbonyl (C=O) groups is 1. The molecule has 1 aliphatic heterocycles. The van der Waals surface area contributed by atoms with Crippen LogP contribution < -0.4 is 10.2 Å². The lowest BCUT2D eigenvalue weighted by atomic mass is 9.99. The van der Waals surface area contributed by atoms with E-state index in [-0.39, 0.29) is 39.5 Å². The van der Waals surface area contributed by atoms with Gasteiger partial charge in [-0.25, -0.2) is 4.79 Å². The van der Waals surface area contributed by atoms with Gasteiger partial charge in [0, 0.05) is 29.8 Å². The fraction of sp³-hybridized carbons (Fsp3) is 0.200. The minimum atomic E-state index is -1.77. The molecule has 1 fully saturated rings. The number of fused-ring (bicyclic) bond motifs is 1. The molecule has 5 atom stereocenters. The lowest BCUT2D eigenvalue weighted by Gasteiger charge is -2.39. The van der Waals surface area contributed by atoms with Gasteiger partial charge in [-0.15, -0.1) is 0 Å². The lowest BCUT2D eigenvalue weighted by Crippen LogP contribution is -2.60. The number of rotatable bonds is 7. The number of phenolic OH excluding ortho intramolecular Hbond substituents is 4. The molecule has 1 aliphatic rings. The predicted molar refractivity (Wildman–Crippen MR) is 148 cm³/mol. The Balaban J connectivity index is 1.32. The summed E-state index contributed by atoms with van der Waals surface area (Å²) >= 11 is 0. The van der Waals surface area contributed by atoms with Gasteiger partial charge in [0.1, 0.15) is 65.0 Å². The van der Waals surface area contributed by atoms with Crippen LogP contribution in [0.15, 0.2) is 76.0 Å². The number of aliphatic hydroxyl groups excluding tert-OH is 3. The molecule has 1 saturated heterocycles. The number of ether oxygens (including phenoxy) is 3. The third kappa shape index (κ3) is 6.39. The quantitative estimate of drug-likeness (QED) is 0.0923. The standard InChI is InChI=1S/C30H26O13/c31-16-5-1-14(2-6-16)3-8-25(36)40-13-24-27(37)28(38)29(39)30(43-24)41-17-10-20(34)26-21(35)12-22(42-23(26)11-17)15-4-7-18(32)19(33)9-15/h1-12,24,27-34,37-39H,13H2/b8-3+/t24?,27-,28+,29?,30-/m1/s1. The SMILES string of the molecule is O=C(/C=C/c1ccc(O)cc1)OCC1O[C@@H](Oc2cc(O)c3c(=O)cc(-c4ccc(O)c(O)c4)oc3c2)C(O)[C@@H](O)[C@@H]1O. The first kappa shape index (κ1) is 29.4. The summed E-state index contributed by atoms with van der Waals surface area (Å²) in [6.07, 6.45) is -5.59. The Bertz CT molecular complexity index is 1730. The average Bonchev–Trinajstić information content (AvgIpc) is 2.97. The molecule has 13 heteroatoms. The maximum absolute atomic E-state index is 12.7.